The van der Waals surface area contributed by atoms with E-state index in [1.165, 1.54) is 25.7 Å². The molecule has 2 rings (SSSR count). The molecule has 1 saturated heterocycles. The molecule has 1 aliphatic heterocycles. The summed E-state index contributed by atoms with van der Waals surface area (Å²) in [5, 5.41) is 0. The number of hydrogen-bond acceptors (Lipinski definition) is 4. The topological polar surface area (TPSA) is 36.9 Å². The van der Waals surface area contributed by atoms with Gasteiger partial charge in [0.15, 0.2) is 0 Å². The van der Waals surface area contributed by atoms with E-state index in [0.717, 1.165) is 20.2 Å². The summed E-state index contributed by atoms with van der Waals surface area (Å²) >= 11 is -3.02. The van der Waals surface area contributed by atoms with E-state index in [1.807, 2.05) is 24.3 Å². The first kappa shape index (κ1) is 17.1. The third kappa shape index (κ3) is 4.58. The molecule has 1 atom stereocenters. The van der Waals surface area contributed by atoms with E-state index in [-0.39, 0.29) is 6.29 Å². The van der Waals surface area contributed by atoms with Gasteiger partial charge in [-0.2, -0.15) is 0 Å². The van der Waals surface area contributed by atoms with Crippen molar-refractivity contribution in [3.63, 3.8) is 0 Å². The molecule has 0 bridgehead atoms. The van der Waals surface area contributed by atoms with Gasteiger partial charge in [0.1, 0.15) is 0 Å². The van der Waals surface area contributed by atoms with Crippen molar-refractivity contribution in [1.29, 1.82) is 0 Å². The number of unbranched alkanes of at least 4 members (excludes halogenated alkanes) is 2. The Morgan fingerprint density at radius 1 is 1.05 bits per heavy atom. The van der Waals surface area contributed by atoms with Gasteiger partial charge in [-0.05, 0) is 0 Å². The zero-order chi connectivity index (χ0) is 15.1. The fourth-order valence-corrected chi connectivity index (χ4v) is 11.9. The van der Waals surface area contributed by atoms with E-state index in [9.17, 15) is 0 Å². The van der Waals surface area contributed by atoms with E-state index < -0.39 is 19.2 Å². The molecule has 0 aliphatic carbocycles. The zero-order valence-corrected chi connectivity index (χ0v) is 16.1. The van der Waals surface area contributed by atoms with Crippen LogP contribution in [-0.2, 0) is 11.2 Å². The Morgan fingerprint density at radius 2 is 1.67 bits per heavy atom. The number of rotatable bonds is 8. The molecule has 0 aromatic heterocycles. The summed E-state index contributed by atoms with van der Waals surface area (Å²) in [5.41, 5.74) is 1.00. The molecular weight excluding hydrogens is 375 g/mol. The molecule has 0 saturated carbocycles. The van der Waals surface area contributed by atoms with Crippen molar-refractivity contribution in [2.75, 3.05) is 7.11 Å². The molecule has 0 amide bonds. The third-order valence-electron chi connectivity index (χ3n) is 3.82. The molecule has 1 aromatic rings. The standard InChI is InChI=1S/C8H9O4.2C4H9.Sn/c1-11-7-4-2-6(3-5-7)8(9)12-10;2*1-3-4-2;/h2-5,8,10H,1H3;2*1,3-4H2,2H3;/q-1;;;+2/p-1/t8-;;;/m1.../s1. The first-order chi connectivity index (χ1) is 10.2. The average molecular weight is 401 g/mol. The summed E-state index contributed by atoms with van der Waals surface area (Å²) in [5.74, 6) is 0.837. The van der Waals surface area contributed by atoms with Gasteiger partial charge in [-0.15, -0.1) is 0 Å². The number of methoxy groups -OCH3 is 1. The Bertz CT molecular complexity index is 413. The van der Waals surface area contributed by atoms with E-state index in [4.69, 9.17) is 15.9 Å². The van der Waals surface area contributed by atoms with E-state index in [2.05, 4.69) is 13.8 Å². The predicted molar refractivity (Wildman–Crippen MR) is 84.2 cm³/mol. The molecule has 0 N–H and O–H groups in total. The van der Waals surface area contributed by atoms with Gasteiger partial charge in [-0.3, -0.25) is 0 Å². The van der Waals surface area contributed by atoms with E-state index >= 15 is 0 Å². The monoisotopic (exact) mass is 402 g/mol. The molecule has 0 spiro atoms. The maximum atomic E-state index is 6.34. The molecule has 1 fully saturated rings. The fraction of sp³-hybridized carbons (Fsp3) is 0.625. The second kappa shape index (κ2) is 8.36. The van der Waals surface area contributed by atoms with Gasteiger partial charge in [0.25, 0.3) is 0 Å². The van der Waals surface area contributed by atoms with Crippen LogP contribution in [0.4, 0.5) is 0 Å². The Morgan fingerprint density at radius 3 is 2.19 bits per heavy atom. The summed E-state index contributed by atoms with van der Waals surface area (Å²) in [6.07, 6.45) is 4.31. The van der Waals surface area contributed by atoms with Crippen molar-refractivity contribution in [3.8, 4) is 5.75 Å². The summed E-state index contributed by atoms with van der Waals surface area (Å²) in [7, 11) is 1.66. The van der Waals surface area contributed by atoms with Gasteiger partial charge < -0.3 is 0 Å². The normalized spacial score (nSPS) is 20.6. The molecule has 1 heterocycles. The first-order valence-corrected chi connectivity index (χ1v) is 14.3. The van der Waals surface area contributed by atoms with Crippen molar-refractivity contribution >= 4 is 19.2 Å². The van der Waals surface area contributed by atoms with Gasteiger partial charge in [-0.25, -0.2) is 0 Å². The molecule has 118 valence electrons. The SMILES string of the molecule is CCC[CH2][Sn]1([CH2]CCC)[O]O[C@H](c2ccc(OC)cc2)[O]1. The van der Waals surface area contributed by atoms with Crippen LogP contribution in [0.2, 0.25) is 8.87 Å². The Kier molecular flexibility index (Phi) is 6.79. The average Bonchev–Trinajstić information content (AvgIpc) is 2.96. The molecule has 4 nitrogen and oxygen atoms in total. The van der Waals surface area contributed by atoms with Crippen LogP contribution in [0.15, 0.2) is 24.3 Å². The van der Waals surface area contributed by atoms with Gasteiger partial charge in [0, 0.05) is 0 Å². The molecule has 1 aromatic carbocycles. The first-order valence-electron chi connectivity index (χ1n) is 7.89. The van der Waals surface area contributed by atoms with Crippen LogP contribution < -0.4 is 4.74 Å². The van der Waals surface area contributed by atoms with Crippen LogP contribution >= 0.6 is 0 Å². The summed E-state index contributed by atoms with van der Waals surface area (Å²) in [6.45, 7) is 4.41. The molecule has 0 radical (unpaired) electrons. The fourth-order valence-electron chi connectivity index (χ4n) is 2.47. The molecule has 0 unspecified atom stereocenters. The quantitative estimate of drug-likeness (QED) is 0.467. The van der Waals surface area contributed by atoms with Crippen LogP contribution in [0.3, 0.4) is 0 Å². The van der Waals surface area contributed by atoms with Crippen molar-refractivity contribution in [2.45, 2.75) is 54.7 Å². The van der Waals surface area contributed by atoms with Crippen LogP contribution in [0.5, 0.6) is 5.75 Å². The summed E-state index contributed by atoms with van der Waals surface area (Å²) < 4.78 is 19.5. The van der Waals surface area contributed by atoms with E-state index in [1.54, 1.807) is 7.11 Å². The minimum absolute atomic E-state index is 0.361. The minimum atomic E-state index is -3.02. The molecule has 5 heteroatoms. The molecule has 21 heavy (non-hydrogen) atoms. The number of benzene rings is 1. The van der Waals surface area contributed by atoms with Crippen molar-refractivity contribution < 1.29 is 15.9 Å². The van der Waals surface area contributed by atoms with Gasteiger partial charge in [0.2, 0.25) is 0 Å². The zero-order valence-electron chi connectivity index (χ0n) is 13.3. The van der Waals surface area contributed by atoms with Crippen LogP contribution in [0.25, 0.3) is 0 Å². The van der Waals surface area contributed by atoms with Crippen LogP contribution in [0.1, 0.15) is 51.4 Å². The number of ether oxygens (including phenoxy) is 1. The summed E-state index contributed by atoms with van der Waals surface area (Å²) in [6, 6.07) is 7.81. The Labute approximate surface area is 132 Å². The van der Waals surface area contributed by atoms with Crippen LogP contribution in [0, 0.1) is 0 Å². The van der Waals surface area contributed by atoms with Gasteiger partial charge >= 0.3 is 133 Å². The number of hydrogen-bond donors (Lipinski definition) is 0. The Balaban J connectivity index is 2.03. The van der Waals surface area contributed by atoms with Crippen molar-refractivity contribution in [2.24, 2.45) is 0 Å². The second-order valence-corrected chi connectivity index (χ2v) is 14.7. The molecular formula is C16H26O4Sn. The van der Waals surface area contributed by atoms with Crippen molar-refractivity contribution in [1.82, 2.24) is 0 Å². The molecule has 1 aliphatic rings. The van der Waals surface area contributed by atoms with Gasteiger partial charge in [0.05, 0.1) is 0 Å². The van der Waals surface area contributed by atoms with Gasteiger partial charge in [-0.1, -0.05) is 0 Å². The Hall–Kier alpha value is -0.301. The van der Waals surface area contributed by atoms with Crippen LogP contribution in [-0.4, -0.2) is 26.3 Å². The van der Waals surface area contributed by atoms with Crippen molar-refractivity contribution in [3.05, 3.63) is 29.8 Å². The van der Waals surface area contributed by atoms with E-state index in [0.29, 0.717) is 0 Å². The second-order valence-electron chi connectivity index (χ2n) is 5.52. The third-order valence-corrected chi connectivity index (χ3v) is 13.2. The predicted octanol–water partition coefficient (Wildman–Crippen LogP) is 4.71. The maximum absolute atomic E-state index is 6.34. The summed E-state index contributed by atoms with van der Waals surface area (Å²) in [4.78, 5) is 5.55.